The summed E-state index contributed by atoms with van der Waals surface area (Å²) in [7, 11) is 1.87. The van der Waals surface area contributed by atoms with E-state index in [4.69, 9.17) is 0 Å². The van der Waals surface area contributed by atoms with E-state index in [-0.39, 0.29) is 5.91 Å². The third kappa shape index (κ3) is 2.47. The van der Waals surface area contributed by atoms with Crippen LogP contribution in [0.3, 0.4) is 0 Å². The Balaban J connectivity index is 1.78. The first kappa shape index (κ1) is 10.4. The minimum atomic E-state index is -0.113. The standard InChI is InChI=1S/C10H13N5O/c1-15-7-8(4-14-15)2-3-11-10(16)9-5-12-13-6-9/h4-7H,2-3H2,1H3,(H,11,16)(H,12,13). The van der Waals surface area contributed by atoms with Crippen molar-refractivity contribution in [3.05, 3.63) is 35.9 Å². The molecule has 2 rings (SSSR count). The number of nitrogens with one attached hydrogen (secondary N) is 2. The van der Waals surface area contributed by atoms with Gasteiger partial charge in [-0.1, -0.05) is 0 Å². The van der Waals surface area contributed by atoms with E-state index in [0.717, 1.165) is 12.0 Å². The molecule has 2 aromatic rings. The predicted molar refractivity (Wildman–Crippen MR) is 57.8 cm³/mol. The highest BCUT2D eigenvalue weighted by atomic mass is 16.1. The fourth-order valence-electron chi connectivity index (χ4n) is 1.40. The van der Waals surface area contributed by atoms with E-state index in [1.54, 1.807) is 17.1 Å². The zero-order valence-corrected chi connectivity index (χ0v) is 8.97. The van der Waals surface area contributed by atoms with Crippen molar-refractivity contribution >= 4 is 5.91 Å². The number of hydrogen-bond donors (Lipinski definition) is 2. The maximum Gasteiger partial charge on any atom is 0.254 e. The highest BCUT2D eigenvalue weighted by molar-refractivity contribution is 5.93. The highest BCUT2D eigenvalue weighted by Gasteiger charge is 2.05. The largest absolute Gasteiger partial charge is 0.352 e. The Bertz CT molecular complexity index is 459. The SMILES string of the molecule is Cn1cc(CCNC(=O)c2cn[nH]c2)cn1. The molecule has 2 N–H and O–H groups in total. The van der Waals surface area contributed by atoms with Crippen molar-refractivity contribution in [2.24, 2.45) is 7.05 Å². The summed E-state index contributed by atoms with van der Waals surface area (Å²) in [6.07, 6.45) is 7.57. The van der Waals surface area contributed by atoms with E-state index in [0.29, 0.717) is 12.1 Å². The average molecular weight is 219 g/mol. The number of rotatable bonds is 4. The molecule has 0 aromatic carbocycles. The van der Waals surface area contributed by atoms with Gasteiger partial charge in [0, 0.05) is 26.0 Å². The fraction of sp³-hybridized carbons (Fsp3) is 0.300. The first-order chi connectivity index (χ1) is 7.75. The fourth-order valence-corrected chi connectivity index (χ4v) is 1.40. The molecule has 84 valence electrons. The third-order valence-corrected chi connectivity index (χ3v) is 2.22. The monoisotopic (exact) mass is 219 g/mol. The Morgan fingerprint density at radius 3 is 3.06 bits per heavy atom. The lowest BCUT2D eigenvalue weighted by Crippen LogP contribution is -2.25. The molecule has 2 aromatic heterocycles. The van der Waals surface area contributed by atoms with Crippen LogP contribution in [0.25, 0.3) is 0 Å². The predicted octanol–water partition coefficient (Wildman–Crippen LogP) is 0.116. The first-order valence-electron chi connectivity index (χ1n) is 5.00. The van der Waals surface area contributed by atoms with Gasteiger partial charge in [-0.2, -0.15) is 10.2 Å². The number of aryl methyl sites for hydroxylation is 1. The van der Waals surface area contributed by atoms with Gasteiger partial charge in [0.25, 0.3) is 5.91 Å². The van der Waals surface area contributed by atoms with Gasteiger partial charge in [-0.3, -0.25) is 14.6 Å². The number of nitrogens with zero attached hydrogens (tertiary/aromatic N) is 3. The average Bonchev–Trinajstić information content (AvgIpc) is 2.89. The molecule has 2 heterocycles. The molecule has 0 spiro atoms. The third-order valence-electron chi connectivity index (χ3n) is 2.22. The highest BCUT2D eigenvalue weighted by Crippen LogP contribution is 1.97. The molecular weight excluding hydrogens is 206 g/mol. The van der Waals surface area contributed by atoms with E-state index in [9.17, 15) is 4.79 Å². The van der Waals surface area contributed by atoms with Crippen LogP contribution >= 0.6 is 0 Å². The van der Waals surface area contributed by atoms with Gasteiger partial charge in [-0.25, -0.2) is 0 Å². The van der Waals surface area contributed by atoms with Crippen molar-refractivity contribution < 1.29 is 4.79 Å². The van der Waals surface area contributed by atoms with Crippen molar-refractivity contribution in [2.45, 2.75) is 6.42 Å². The minimum absolute atomic E-state index is 0.113. The van der Waals surface area contributed by atoms with E-state index < -0.39 is 0 Å². The molecule has 0 aliphatic rings. The lowest BCUT2D eigenvalue weighted by molar-refractivity contribution is 0.0954. The summed E-state index contributed by atoms with van der Waals surface area (Å²) in [4.78, 5) is 11.5. The van der Waals surface area contributed by atoms with Gasteiger partial charge in [-0.15, -0.1) is 0 Å². The maximum atomic E-state index is 11.5. The lowest BCUT2D eigenvalue weighted by atomic mass is 10.2. The van der Waals surface area contributed by atoms with Crippen LogP contribution in [0.4, 0.5) is 0 Å². The number of hydrogen-bond acceptors (Lipinski definition) is 3. The molecule has 16 heavy (non-hydrogen) atoms. The van der Waals surface area contributed by atoms with Gasteiger partial charge >= 0.3 is 0 Å². The van der Waals surface area contributed by atoms with Crippen LogP contribution in [0.1, 0.15) is 15.9 Å². The van der Waals surface area contributed by atoms with Crippen LogP contribution in [0.5, 0.6) is 0 Å². The van der Waals surface area contributed by atoms with Gasteiger partial charge in [0.05, 0.1) is 18.0 Å². The summed E-state index contributed by atoms with van der Waals surface area (Å²) in [5, 5.41) is 13.2. The van der Waals surface area contributed by atoms with E-state index in [2.05, 4.69) is 20.6 Å². The van der Waals surface area contributed by atoms with Crippen molar-refractivity contribution in [1.29, 1.82) is 0 Å². The molecule has 6 heteroatoms. The second kappa shape index (κ2) is 4.61. The van der Waals surface area contributed by atoms with Gasteiger partial charge in [-0.05, 0) is 12.0 Å². The molecule has 0 saturated carbocycles. The number of aromatic amines is 1. The number of carbonyl (C=O) groups is 1. The molecule has 0 unspecified atom stereocenters. The summed E-state index contributed by atoms with van der Waals surface area (Å²) >= 11 is 0. The molecule has 0 radical (unpaired) electrons. The molecule has 6 nitrogen and oxygen atoms in total. The summed E-state index contributed by atoms with van der Waals surface area (Å²) in [5.74, 6) is -0.113. The Kier molecular flexibility index (Phi) is 3.00. The number of amides is 1. The minimum Gasteiger partial charge on any atom is -0.352 e. The molecule has 0 aliphatic heterocycles. The topological polar surface area (TPSA) is 75.6 Å². The molecule has 0 bridgehead atoms. The molecule has 0 atom stereocenters. The zero-order chi connectivity index (χ0) is 11.4. The summed E-state index contributed by atoms with van der Waals surface area (Å²) in [6.45, 7) is 0.593. The van der Waals surface area contributed by atoms with E-state index in [1.807, 2.05) is 13.2 Å². The van der Waals surface area contributed by atoms with Crippen LogP contribution in [0.15, 0.2) is 24.8 Å². The van der Waals surface area contributed by atoms with Crippen molar-refractivity contribution in [3.8, 4) is 0 Å². The quantitative estimate of drug-likeness (QED) is 0.766. The Hall–Kier alpha value is -2.11. The summed E-state index contributed by atoms with van der Waals surface area (Å²) in [5.41, 5.74) is 1.65. The second-order valence-corrected chi connectivity index (χ2v) is 3.52. The molecule has 0 aliphatic carbocycles. The molecule has 0 saturated heterocycles. The van der Waals surface area contributed by atoms with Crippen LogP contribution < -0.4 is 5.32 Å². The lowest BCUT2D eigenvalue weighted by Gasteiger charge is -2.01. The van der Waals surface area contributed by atoms with Gasteiger partial charge in [0.2, 0.25) is 0 Å². The van der Waals surface area contributed by atoms with Crippen LogP contribution in [0, 0.1) is 0 Å². The normalized spacial score (nSPS) is 10.3. The van der Waals surface area contributed by atoms with Gasteiger partial charge in [0.15, 0.2) is 0 Å². The first-order valence-corrected chi connectivity index (χ1v) is 5.00. The second-order valence-electron chi connectivity index (χ2n) is 3.52. The number of carbonyl (C=O) groups excluding carboxylic acids is 1. The Morgan fingerprint density at radius 1 is 1.56 bits per heavy atom. The van der Waals surface area contributed by atoms with Crippen molar-refractivity contribution in [3.63, 3.8) is 0 Å². The number of H-pyrrole nitrogens is 1. The van der Waals surface area contributed by atoms with Gasteiger partial charge < -0.3 is 5.32 Å². The van der Waals surface area contributed by atoms with Crippen molar-refractivity contribution in [1.82, 2.24) is 25.3 Å². The van der Waals surface area contributed by atoms with E-state index in [1.165, 1.54) is 6.20 Å². The zero-order valence-electron chi connectivity index (χ0n) is 8.97. The number of aromatic nitrogens is 4. The van der Waals surface area contributed by atoms with Crippen LogP contribution in [0.2, 0.25) is 0 Å². The van der Waals surface area contributed by atoms with Crippen LogP contribution in [-0.2, 0) is 13.5 Å². The maximum absolute atomic E-state index is 11.5. The molecule has 0 fully saturated rings. The van der Waals surface area contributed by atoms with Gasteiger partial charge in [0.1, 0.15) is 0 Å². The molecule has 1 amide bonds. The summed E-state index contributed by atoms with van der Waals surface area (Å²) in [6, 6.07) is 0. The van der Waals surface area contributed by atoms with E-state index >= 15 is 0 Å². The van der Waals surface area contributed by atoms with Crippen molar-refractivity contribution in [2.75, 3.05) is 6.54 Å². The molecular formula is C10H13N5O. The summed E-state index contributed by atoms with van der Waals surface area (Å²) < 4.78 is 1.74. The Morgan fingerprint density at radius 2 is 2.44 bits per heavy atom. The van der Waals surface area contributed by atoms with Crippen LogP contribution in [-0.4, -0.2) is 32.4 Å². The Labute approximate surface area is 92.7 Å². The smallest absolute Gasteiger partial charge is 0.254 e.